The SMILES string of the molecule is CC(C)(O)c1ccc(-c2nn(COCC[Si](C)(C)C)c3ncc(Br)cc23)cc1Cl. The normalized spacial score (nSPS) is 12.7. The van der Waals surface area contributed by atoms with Gasteiger partial charge < -0.3 is 9.84 Å². The Morgan fingerprint density at radius 2 is 1.97 bits per heavy atom. The van der Waals surface area contributed by atoms with Gasteiger partial charge >= 0.3 is 0 Å². The van der Waals surface area contributed by atoms with Crippen LogP contribution < -0.4 is 0 Å². The Hall–Kier alpha value is -1.25. The first kappa shape index (κ1) is 22.4. The summed E-state index contributed by atoms with van der Waals surface area (Å²) in [5.74, 6) is 0. The molecule has 0 saturated heterocycles. The third-order valence-electron chi connectivity index (χ3n) is 4.67. The number of ether oxygens (including phenoxy) is 1. The molecule has 3 rings (SSSR count). The number of hydrogen-bond acceptors (Lipinski definition) is 4. The zero-order valence-electron chi connectivity index (χ0n) is 17.5. The van der Waals surface area contributed by atoms with Gasteiger partial charge in [-0.05, 0) is 48.0 Å². The first-order valence-corrected chi connectivity index (χ1v) is 14.5. The Morgan fingerprint density at radius 3 is 2.59 bits per heavy atom. The molecule has 1 N–H and O–H groups in total. The predicted octanol–water partition coefficient (Wildman–Crippen LogP) is 6.05. The maximum atomic E-state index is 10.3. The van der Waals surface area contributed by atoms with E-state index in [1.807, 2.05) is 24.3 Å². The molecule has 0 bridgehead atoms. The Labute approximate surface area is 186 Å². The molecule has 8 heteroatoms. The molecule has 0 atom stereocenters. The molecule has 1 aromatic carbocycles. The molecule has 29 heavy (non-hydrogen) atoms. The van der Waals surface area contributed by atoms with Gasteiger partial charge in [0.15, 0.2) is 5.65 Å². The fourth-order valence-electron chi connectivity index (χ4n) is 3.03. The maximum Gasteiger partial charge on any atom is 0.160 e. The van der Waals surface area contributed by atoms with Gasteiger partial charge in [0.25, 0.3) is 0 Å². The van der Waals surface area contributed by atoms with Crippen LogP contribution in [0.1, 0.15) is 19.4 Å². The van der Waals surface area contributed by atoms with Crippen molar-refractivity contribution < 1.29 is 9.84 Å². The molecular weight excluding hydrogens is 470 g/mol. The molecule has 156 valence electrons. The van der Waals surface area contributed by atoms with E-state index in [2.05, 4.69) is 40.6 Å². The molecule has 3 aromatic rings. The van der Waals surface area contributed by atoms with E-state index in [9.17, 15) is 5.11 Å². The summed E-state index contributed by atoms with van der Waals surface area (Å²) < 4.78 is 8.57. The minimum Gasteiger partial charge on any atom is -0.386 e. The van der Waals surface area contributed by atoms with E-state index in [1.54, 1.807) is 24.7 Å². The lowest BCUT2D eigenvalue weighted by atomic mass is 9.96. The average Bonchev–Trinajstić information content (AvgIpc) is 2.94. The van der Waals surface area contributed by atoms with Gasteiger partial charge in [-0.1, -0.05) is 43.4 Å². The summed E-state index contributed by atoms with van der Waals surface area (Å²) in [6.07, 6.45) is 1.76. The molecular formula is C21H27BrClN3O2Si. The van der Waals surface area contributed by atoms with E-state index in [-0.39, 0.29) is 0 Å². The largest absolute Gasteiger partial charge is 0.386 e. The number of fused-ring (bicyclic) bond motifs is 1. The Kier molecular flexibility index (Phi) is 6.55. The van der Waals surface area contributed by atoms with E-state index in [1.165, 1.54) is 0 Å². The van der Waals surface area contributed by atoms with Crippen molar-refractivity contribution in [1.29, 1.82) is 0 Å². The molecule has 0 amide bonds. The average molecular weight is 497 g/mol. The molecule has 2 heterocycles. The third-order valence-corrected chi connectivity index (χ3v) is 7.12. The number of benzene rings is 1. The zero-order chi connectivity index (χ0) is 21.4. The van der Waals surface area contributed by atoms with Crippen LogP contribution in [0.5, 0.6) is 0 Å². The van der Waals surface area contributed by atoms with Gasteiger partial charge in [-0.25, -0.2) is 9.67 Å². The highest BCUT2D eigenvalue weighted by Gasteiger charge is 2.21. The molecule has 0 saturated carbocycles. The van der Waals surface area contributed by atoms with Crippen LogP contribution in [0.2, 0.25) is 30.7 Å². The molecule has 0 radical (unpaired) electrons. The van der Waals surface area contributed by atoms with Crippen molar-refractivity contribution in [3.63, 3.8) is 0 Å². The maximum absolute atomic E-state index is 10.3. The third kappa shape index (κ3) is 5.47. The fraction of sp³-hybridized carbons (Fsp3) is 0.429. The Bertz CT molecular complexity index is 1030. The van der Waals surface area contributed by atoms with E-state index < -0.39 is 13.7 Å². The topological polar surface area (TPSA) is 60.2 Å². The number of nitrogens with zero attached hydrogens (tertiary/aromatic N) is 3. The summed E-state index contributed by atoms with van der Waals surface area (Å²) >= 11 is 9.96. The molecule has 0 spiro atoms. The summed E-state index contributed by atoms with van der Waals surface area (Å²) in [5.41, 5.74) is 2.09. The Balaban J connectivity index is 1.96. The highest BCUT2D eigenvalue weighted by molar-refractivity contribution is 9.10. The molecule has 0 aliphatic heterocycles. The summed E-state index contributed by atoms with van der Waals surface area (Å²) in [6, 6.07) is 8.72. The number of halogens is 2. The highest BCUT2D eigenvalue weighted by atomic mass is 79.9. The van der Waals surface area contributed by atoms with E-state index in [0.717, 1.165) is 39.4 Å². The van der Waals surface area contributed by atoms with Gasteiger partial charge in [-0.15, -0.1) is 0 Å². The van der Waals surface area contributed by atoms with Crippen LogP contribution in [-0.2, 0) is 17.1 Å². The second kappa shape index (κ2) is 8.47. The zero-order valence-corrected chi connectivity index (χ0v) is 20.8. The lowest BCUT2D eigenvalue weighted by molar-refractivity contribution is 0.0787. The standard InChI is InChI=1S/C21H27BrClN3O2Si/c1-21(2,27)17-7-6-14(10-18(17)23)19-16-11-15(22)12-24-20(16)26(25-19)13-28-8-9-29(3,4)5/h6-7,10-12,27H,8-9,13H2,1-5H3. The molecule has 0 aliphatic rings. The van der Waals surface area contributed by atoms with Crippen LogP contribution in [0.15, 0.2) is 34.9 Å². The number of rotatable bonds is 7. The van der Waals surface area contributed by atoms with Crippen molar-refractivity contribution in [3.8, 4) is 11.3 Å². The summed E-state index contributed by atoms with van der Waals surface area (Å²) in [4.78, 5) is 4.54. The van der Waals surface area contributed by atoms with Gasteiger partial charge in [0.05, 0.1) is 5.60 Å². The summed E-state index contributed by atoms with van der Waals surface area (Å²) in [7, 11) is -1.14. The number of hydrogen-bond donors (Lipinski definition) is 1. The van der Waals surface area contributed by atoms with Gasteiger partial charge in [0, 0.05) is 46.9 Å². The second-order valence-electron chi connectivity index (χ2n) is 8.97. The fourth-order valence-corrected chi connectivity index (χ4v) is 4.52. The monoisotopic (exact) mass is 495 g/mol. The minimum atomic E-state index is -1.14. The van der Waals surface area contributed by atoms with Crippen molar-refractivity contribution in [2.24, 2.45) is 0 Å². The predicted molar refractivity (Wildman–Crippen MR) is 125 cm³/mol. The van der Waals surface area contributed by atoms with Crippen molar-refractivity contribution in [2.75, 3.05) is 6.61 Å². The van der Waals surface area contributed by atoms with Gasteiger partial charge in [0.2, 0.25) is 0 Å². The second-order valence-corrected chi connectivity index (χ2v) is 15.9. The summed E-state index contributed by atoms with van der Waals surface area (Å²) in [5, 5.41) is 16.5. The van der Waals surface area contributed by atoms with Crippen molar-refractivity contribution in [3.05, 3.63) is 45.5 Å². The van der Waals surface area contributed by atoms with Crippen molar-refractivity contribution in [2.45, 2.75) is 51.9 Å². The van der Waals surface area contributed by atoms with Crippen LogP contribution >= 0.6 is 27.5 Å². The lowest BCUT2D eigenvalue weighted by Gasteiger charge is -2.19. The first-order valence-electron chi connectivity index (χ1n) is 9.58. The van der Waals surface area contributed by atoms with Crippen molar-refractivity contribution >= 4 is 46.6 Å². The van der Waals surface area contributed by atoms with Crippen LogP contribution in [0.4, 0.5) is 0 Å². The van der Waals surface area contributed by atoms with Gasteiger partial charge in [-0.2, -0.15) is 5.10 Å². The lowest BCUT2D eigenvalue weighted by Crippen LogP contribution is -2.22. The Morgan fingerprint density at radius 1 is 1.24 bits per heavy atom. The van der Waals surface area contributed by atoms with E-state index >= 15 is 0 Å². The molecule has 0 fully saturated rings. The van der Waals surface area contributed by atoms with Crippen LogP contribution in [0.25, 0.3) is 22.3 Å². The van der Waals surface area contributed by atoms with Crippen LogP contribution in [0, 0.1) is 0 Å². The van der Waals surface area contributed by atoms with E-state index in [0.29, 0.717) is 17.3 Å². The highest BCUT2D eigenvalue weighted by Crippen LogP contribution is 2.34. The van der Waals surface area contributed by atoms with Crippen molar-refractivity contribution in [1.82, 2.24) is 14.8 Å². The quantitative estimate of drug-likeness (QED) is 0.319. The minimum absolute atomic E-state index is 0.352. The number of aliphatic hydroxyl groups is 1. The van der Waals surface area contributed by atoms with Gasteiger partial charge in [0.1, 0.15) is 12.4 Å². The van der Waals surface area contributed by atoms with Gasteiger partial charge in [-0.3, -0.25) is 0 Å². The smallest absolute Gasteiger partial charge is 0.160 e. The molecule has 0 unspecified atom stereocenters. The van der Waals surface area contributed by atoms with Crippen LogP contribution in [0.3, 0.4) is 0 Å². The van der Waals surface area contributed by atoms with E-state index in [4.69, 9.17) is 21.4 Å². The number of aromatic nitrogens is 3. The number of pyridine rings is 1. The first-order chi connectivity index (χ1) is 13.5. The summed E-state index contributed by atoms with van der Waals surface area (Å²) in [6.45, 7) is 11.5. The molecule has 5 nitrogen and oxygen atoms in total. The molecule has 0 aliphatic carbocycles. The molecule has 2 aromatic heterocycles. The van der Waals surface area contributed by atoms with Crippen LogP contribution in [-0.4, -0.2) is 34.6 Å².